The second-order valence-corrected chi connectivity index (χ2v) is 5.67. The highest BCUT2D eigenvalue weighted by molar-refractivity contribution is 9.10. The maximum atomic E-state index is 13.5. The van der Waals surface area contributed by atoms with Gasteiger partial charge in [-0.3, -0.25) is 0 Å². The normalized spacial score (nSPS) is 11.0. The van der Waals surface area contributed by atoms with Crippen LogP contribution in [0, 0.1) is 5.82 Å². The second-order valence-electron chi connectivity index (χ2n) is 3.85. The Labute approximate surface area is 115 Å². The summed E-state index contributed by atoms with van der Waals surface area (Å²) < 4.78 is 14.9. The van der Waals surface area contributed by atoms with Crippen molar-refractivity contribution in [3.05, 3.63) is 46.7 Å². The van der Waals surface area contributed by atoms with Gasteiger partial charge in [-0.15, -0.1) is 11.3 Å². The first-order chi connectivity index (χ1) is 8.65. The summed E-state index contributed by atoms with van der Waals surface area (Å²) in [5.41, 5.74) is 8.07. The number of rotatable bonds is 1. The molecular formula is C13H8BrFN2S. The Morgan fingerprint density at radius 1 is 1.22 bits per heavy atom. The van der Waals surface area contributed by atoms with E-state index in [1.807, 2.05) is 24.3 Å². The first-order valence-corrected chi connectivity index (χ1v) is 6.86. The Morgan fingerprint density at radius 3 is 2.89 bits per heavy atom. The van der Waals surface area contributed by atoms with Crippen LogP contribution >= 0.6 is 27.3 Å². The third kappa shape index (κ3) is 1.89. The first kappa shape index (κ1) is 11.6. The number of thiazole rings is 1. The van der Waals surface area contributed by atoms with Crippen LogP contribution in [-0.2, 0) is 0 Å². The van der Waals surface area contributed by atoms with Gasteiger partial charge in [0.1, 0.15) is 10.8 Å². The molecule has 5 heteroatoms. The number of nitrogens with two attached hydrogens (primary N) is 1. The van der Waals surface area contributed by atoms with E-state index >= 15 is 0 Å². The summed E-state index contributed by atoms with van der Waals surface area (Å²) in [6, 6.07) is 10.5. The molecule has 0 saturated carbocycles. The lowest BCUT2D eigenvalue weighted by molar-refractivity contribution is 0.622. The maximum Gasteiger partial charge on any atom is 0.138 e. The summed E-state index contributed by atoms with van der Waals surface area (Å²) in [4.78, 5) is 4.49. The van der Waals surface area contributed by atoms with Gasteiger partial charge in [0.15, 0.2) is 0 Å². The summed E-state index contributed by atoms with van der Waals surface area (Å²) in [7, 11) is 0. The van der Waals surface area contributed by atoms with E-state index in [9.17, 15) is 4.39 Å². The van der Waals surface area contributed by atoms with Crippen molar-refractivity contribution in [3.63, 3.8) is 0 Å². The lowest BCUT2D eigenvalue weighted by atomic mass is 10.2. The molecule has 0 atom stereocenters. The smallest absolute Gasteiger partial charge is 0.138 e. The first-order valence-electron chi connectivity index (χ1n) is 5.25. The van der Waals surface area contributed by atoms with Crippen molar-refractivity contribution in [1.29, 1.82) is 0 Å². The molecular weight excluding hydrogens is 315 g/mol. The van der Waals surface area contributed by atoms with Crippen molar-refractivity contribution in [2.24, 2.45) is 0 Å². The molecule has 0 bridgehead atoms. The quantitative estimate of drug-likeness (QED) is 0.672. The van der Waals surface area contributed by atoms with Crippen LogP contribution in [0.2, 0.25) is 0 Å². The van der Waals surface area contributed by atoms with E-state index in [-0.39, 0.29) is 5.82 Å². The Bertz CT molecular complexity index is 739. The third-order valence-corrected chi connectivity index (χ3v) is 4.45. The fourth-order valence-electron chi connectivity index (χ4n) is 1.73. The van der Waals surface area contributed by atoms with Crippen molar-refractivity contribution in [2.45, 2.75) is 0 Å². The average molecular weight is 323 g/mol. The standard InChI is InChI=1S/C13H8BrFN2S/c14-12-8(2-1-3-9(12)15)13-17-10-5-4-7(16)6-11(10)18-13/h1-6H,16H2. The maximum absolute atomic E-state index is 13.5. The molecule has 2 nitrogen and oxygen atoms in total. The zero-order valence-corrected chi connectivity index (χ0v) is 11.6. The second kappa shape index (κ2) is 4.33. The van der Waals surface area contributed by atoms with Crippen LogP contribution in [-0.4, -0.2) is 4.98 Å². The molecule has 0 radical (unpaired) electrons. The summed E-state index contributed by atoms with van der Waals surface area (Å²) in [5, 5.41) is 0.780. The van der Waals surface area contributed by atoms with E-state index in [1.54, 1.807) is 6.07 Å². The Balaban J connectivity index is 2.22. The Kier molecular flexibility index (Phi) is 2.80. The number of hydrogen-bond donors (Lipinski definition) is 1. The number of nitrogens with zero attached hydrogens (tertiary/aromatic N) is 1. The van der Waals surface area contributed by atoms with Gasteiger partial charge < -0.3 is 5.73 Å². The van der Waals surface area contributed by atoms with Gasteiger partial charge in [-0.25, -0.2) is 9.37 Å². The molecule has 0 aliphatic heterocycles. The van der Waals surface area contributed by atoms with Crippen LogP contribution < -0.4 is 5.73 Å². The van der Waals surface area contributed by atoms with Crippen LogP contribution in [0.5, 0.6) is 0 Å². The van der Waals surface area contributed by atoms with Gasteiger partial charge in [0.2, 0.25) is 0 Å². The van der Waals surface area contributed by atoms with E-state index in [2.05, 4.69) is 20.9 Å². The van der Waals surface area contributed by atoms with E-state index in [0.29, 0.717) is 10.2 Å². The minimum Gasteiger partial charge on any atom is -0.399 e. The van der Waals surface area contributed by atoms with Gasteiger partial charge in [0.05, 0.1) is 14.7 Å². The number of nitrogen functional groups attached to an aromatic ring is 1. The number of benzene rings is 2. The molecule has 3 rings (SSSR count). The summed E-state index contributed by atoms with van der Waals surface area (Å²) in [5.74, 6) is -0.286. The topological polar surface area (TPSA) is 38.9 Å². The molecule has 0 fully saturated rings. The fourth-order valence-corrected chi connectivity index (χ4v) is 3.35. The molecule has 18 heavy (non-hydrogen) atoms. The number of anilines is 1. The largest absolute Gasteiger partial charge is 0.399 e. The predicted molar refractivity (Wildman–Crippen MR) is 77.1 cm³/mol. The Morgan fingerprint density at radius 2 is 2.06 bits per heavy atom. The number of aromatic nitrogens is 1. The molecule has 0 aliphatic carbocycles. The predicted octanol–water partition coefficient (Wildman–Crippen LogP) is 4.45. The molecule has 0 saturated heterocycles. The van der Waals surface area contributed by atoms with Gasteiger partial charge >= 0.3 is 0 Å². The van der Waals surface area contributed by atoms with E-state index < -0.39 is 0 Å². The molecule has 2 N–H and O–H groups in total. The molecule has 90 valence electrons. The van der Waals surface area contributed by atoms with E-state index in [1.165, 1.54) is 17.4 Å². The van der Waals surface area contributed by atoms with Crippen molar-refractivity contribution in [2.75, 3.05) is 5.73 Å². The molecule has 1 heterocycles. The van der Waals surface area contributed by atoms with Crippen molar-refractivity contribution >= 4 is 43.2 Å². The van der Waals surface area contributed by atoms with Crippen LogP contribution in [0.25, 0.3) is 20.8 Å². The van der Waals surface area contributed by atoms with Crippen molar-refractivity contribution in [1.82, 2.24) is 4.98 Å². The third-order valence-electron chi connectivity index (χ3n) is 2.59. The van der Waals surface area contributed by atoms with Gasteiger partial charge in [0.25, 0.3) is 0 Å². The molecule has 0 amide bonds. The van der Waals surface area contributed by atoms with Crippen LogP contribution in [0.3, 0.4) is 0 Å². The SMILES string of the molecule is Nc1ccc2nc(-c3cccc(F)c3Br)sc2c1. The summed E-state index contributed by atoms with van der Waals surface area (Å²) in [6.45, 7) is 0. The van der Waals surface area contributed by atoms with Crippen LogP contribution in [0.15, 0.2) is 40.9 Å². The highest BCUT2D eigenvalue weighted by atomic mass is 79.9. The van der Waals surface area contributed by atoms with Crippen LogP contribution in [0.4, 0.5) is 10.1 Å². The molecule has 0 spiro atoms. The molecule has 2 aromatic carbocycles. The highest BCUT2D eigenvalue weighted by Crippen LogP contribution is 2.36. The average Bonchev–Trinajstić information content (AvgIpc) is 2.75. The lowest BCUT2D eigenvalue weighted by Gasteiger charge is -2.00. The molecule has 0 aliphatic rings. The van der Waals surface area contributed by atoms with E-state index in [4.69, 9.17) is 5.73 Å². The zero-order chi connectivity index (χ0) is 12.7. The van der Waals surface area contributed by atoms with Crippen molar-refractivity contribution in [3.8, 4) is 10.6 Å². The van der Waals surface area contributed by atoms with Crippen LogP contribution in [0.1, 0.15) is 0 Å². The summed E-state index contributed by atoms with van der Waals surface area (Å²) in [6.07, 6.45) is 0. The van der Waals surface area contributed by atoms with E-state index in [0.717, 1.165) is 20.8 Å². The number of halogens is 2. The summed E-state index contributed by atoms with van der Waals surface area (Å²) >= 11 is 4.76. The molecule has 0 unspecified atom stereocenters. The molecule has 1 aromatic heterocycles. The molecule has 3 aromatic rings. The minimum atomic E-state index is -0.286. The Hall–Kier alpha value is -1.46. The minimum absolute atomic E-state index is 0.286. The lowest BCUT2D eigenvalue weighted by Crippen LogP contribution is -1.83. The number of fused-ring (bicyclic) bond motifs is 1. The van der Waals surface area contributed by atoms with Gasteiger partial charge in [0, 0.05) is 11.3 Å². The zero-order valence-electron chi connectivity index (χ0n) is 9.15. The number of hydrogen-bond acceptors (Lipinski definition) is 3. The van der Waals surface area contributed by atoms with Gasteiger partial charge in [-0.2, -0.15) is 0 Å². The fraction of sp³-hybridized carbons (Fsp3) is 0. The monoisotopic (exact) mass is 322 g/mol. The van der Waals surface area contributed by atoms with Crippen molar-refractivity contribution < 1.29 is 4.39 Å². The highest BCUT2D eigenvalue weighted by Gasteiger charge is 2.12. The van der Waals surface area contributed by atoms with Gasteiger partial charge in [-0.1, -0.05) is 12.1 Å². The van der Waals surface area contributed by atoms with Gasteiger partial charge in [-0.05, 0) is 40.2 Å².